The van der Waals surface area contributed by atoms with Crippen LogP contribution in [-0.4, -0.2) is 51.7 Å². The van der Waals surface area contributed by atoms with E-state index in [4.69, 9.17) is 9.84 Å². The Labute approximate surface area is 131 Å². The van der Waals surface area contributed by atoms with Gasteiger partial charge in [-0.1, -0.05) is 0 Å². The van der Waals surface area contributed by atoms with Gasteiger partial charge < -0.3 is 20.0 Å². The summed E-state index contributed by atoms with van der Waals surface area (Å²) in [6.45, 7) is 4.75. The maximum atomic E-state index is 11.6. The summed E-state index contributed by atoms with van der Waals surface area (Å²) in [6.07, 6.45) is -1.95. The minimum Gasteiger partial charge on any atom is -0.480 e. The number of nitrogens with zero attached hydrogens (tertiary/aromatic N) is 1. The van der Waals surface area contributed by atoms with Crippen molar-refractivity contribution in [1.82, 2.24) is 10.4 Å². The van der Waals surface area contributed by atoms with Gasteiger partial charge in [-0.25, -0.2) is 14.4 Å². The average Bonchev–Trinajstić information content (AvgIpc) is 2.67. The number of carboxylic acid groups (broad SMARTS) is 1. The number of amides is 3. The second-order valence-electron chi connectivity index (χ2n) is 5.79. The van der Waals surface area contributed by atoms with Crippen molar-refractivity contribution in [1.29, 1.82) is 0 Å². The summed E-state index contributed by atoms with van der Waals surface area (Å²) < 4.78 is 4.88. The highest BCUT2D eigenvalue weighted by Crippen LogP contribution is 2.13. The third-order valence-electron chi connectivity index (χ3n) is 2.56. The average molecular weight is 330 g/mol. The monoisotopic (exact) mass is 330 g/mol. The van der Waals surface area contributed by atoms with Crippen molar-refractivity contribution in [3.63, 3.8) is 0 Å². The summed E-state index contributed by atoms with van der Waals surface area (Å²) in [5.74, 6) is -4.01. The van der Waals surface area contributed by atoms with Crippen molar-refractivity contribution in [2.75, 3.05) is 0 Å². The van der Waals surface area contributed by atoms with E-state index in [1.165, 1.54) is 0 Å². The number of carbonyl (C=O) groups excluding carboxylic acids is 4. The third-order valence-corrected chi connectivity index (χ3v) is 2.56. The lowest BCUT2D eigenvalue weighted by Crippen LogP contribution is -2.45. The Hall–Kier alpha value is -2.65. The van der Waals surface area contributed by atoms with Gasteiger partial charge >= 0.3 is 18.0 Å². The van der Waals surface area contributed by atoms with Crippen LogP contribution in [0.5, 0.6) is 0 Å². The van der Waals surface area contributed by atoms with Crippen LogP contribution in [0.4, 0.5) is 4.79 Å². The standard InChI is InChI=1S/C13H18N2O8/c1-13(2,3)22-12(21)14-7(11(19)20)6-10(18)23-15-8(16)4-5-9(15)17/h7H,4-6H2,1-3H3,(H,14,21)(H,19,20)/t7-/m0/s1. The number of carbonyl (C=O) groups is 5. The fourth-order valence-corrected chi connectivity index (χ4v) is 1.61. The van der Waals surface area contributed by atoms with Gasteiger partial charge in [0.25, 0.3) is 11.8 Å². The van der Waals surface area contributed by atoms with E-state index in [1.54, 1.807) is 20.8 Å². The molecule has 1 saturated heterocycles. The molecule has 2 N–H and O–H groups in total. The van der Waals surface area contributed by atoms with E-state index >= 15 is 0 Å². The molecule has 1 atom stereocenters. The molecule has 1 aliphatic rings. The van der Waals surface area contributed by atoms with Gasteiger partial charge in [-0.2, -0.15) is 0 Å². The molecule has 1 rings (SSSR count). The van der Waals surface area contributed by atoms with Crippen LogP contribution in [0, 0.1) is 0 Å². The van der Waals surface area contributed by atoms with Gasteiger partial charge in [-0.05, 0) is 20.8 Å². The largest absolute Gasteiger partial charge is 0.480 e. The molecule has 0 aromatic heterocycles. The van der Waals surface area contributed by atoms with Gasteiger partial charge in [0.15, 0.2) is 0 Å². The highest BCUT2D eigenvalue weighted by Gasteiger charge is 2.34. The minimum atomic E-state index is -1.62. The van der Waals surface area contributed by atoms with Crippen LogP contribution in [0.3, 0.4) is 0 Å². The Balaban J connectivity index is 2.60. The fourth-order valence-electron chi connectivity index (χ4n) is 1.61. The van der Waals surface area contributed by atoms with E-state index < -0.39 is 47.9 Å². The van der Waals surface area contributed by atoms with Crippen molar-refractivity contribution in [2.45, 2.75) is 51.7 Å². The summed E-state index contributed by atoms with van der Waals surface area (Å²) in [6, 6.07) is -1.62. The quantitative estimate of drug-likeness (QED) is 0.669. The molecule has 0 spiro atoms. The van der Waals surface area contributed by atoms with Crippen molar-refractivity contribution in [3.8, 4) is 0 Å². The second kappa shape index (κ2) is 7.07. The summed E-state index contributed by atoms with van der Waals surface area (Å²) in [7, 11) is 0. The molecule has 0 aromatic rings. The molecular weight excluding hydrogens is 312 g/mol. The van der Waals surface area contributed by atoms with Gasteiger partial charge in [0.1, 0.15) is 11.6 Å². The number of aliphatic carboxylic acids is 1. The summed E-state index contributed by atoms with van der Waals surface area (Å²) in [5, 5.41) is 11.3. The molecule has 23 heavy (non-hydrogen) atoms. The van der Waals surface area contributed by atoms with Crippen LogP contribution in [0.15, 0.2) is 0 Å². The number of hydroxylamine groups is 2. The number of carboxylic acids is 1. The highest BCUT2D eigenvalue weighted by molar-refractivity contribution is 6.01. The number of ether oxygens (including phenoxy) is 1. The number of alkyl carbamates (subject to hydrolysis) is 1. The maximum Gasteiger partial charge on any atom is 0.408 e. The smallest absolute Gasteiger partial charge is 0.408 e. The van der Waals surface area contributed by atoms with Crippen LogP contribution < -0.4 is 5.32 Å². The Bertz CT molecular complexity index is 521. The fraction of sp³-hybridized carbons (Fsp3) is 0.615. The van der Waals surface area contributed by atoms with Crippen LogP contribution in [0.2, 0.25) is 0 Å². The second-order valence-corrected chi connectivity index (χ2v) is 5.79. The Kier molecular flexibility index (Phi) is 5.66. The van der Waals surface area contributed by atoms with Crippen molar-refractivity contribution < 1.29 is 38.7 Å². The third kappa shape index (κ3) is 5.93. The van der Waals surface area contributed by atoms with E-state index in [9.17, 15) is 24.0 Å². The molecule has 3 amide bonds. The predicted molar refractivity (Wildman–Crippen MR) is 72.6 cm³/mol. The molecule has 0 aliphatic carbocycles. The van der Waals surface area contributed by atoms with E-state index in [0.29, 0.717) is 5.06 Å². The summed E-state index contributed by atoms with van der Waals surface area (Å²) >= 11 is 0. The number of nitrogens with one attached hydrogen (secondary N) is 1. The molecule has 10 nitrogen and oxygen atoms in total. The molecule has 0 aromatic carbocycles. The van der Waals surface area contributed by atoms with Crippen molar-refractivity contribution in [3.05, 3.63) is 0 Å². The molecule has 10 heteroatoms. The van der Waals surface area contributed by atoms with Crippen molar-refractivity contribution >= 4 is 29.8 Å². The summed E-state index contributed by atoms with van der Waals surface area (Å²) in [5.41, 5.74) is -0.845. The molecule has 0 unspecified atom stereocenters. The first-order valence-electron chi connectivity index (χ1n) is 6.78. The lowest BCUT2D eigenvalue weighted by Gasteiger charge is -2.22. The highest BCUT2D eigenvalue weighted by atomic mass is 16.7. The molecule has 128 valence electrons. The van der Waals surface area contributed by atoms with E-state index in [-0.39, 0.29) is 12.8 Å². The molecule has 0 radical (unpaired) electrons. The molecule has 0 bridgehead atoms. The topological polar surface area (TPSA) is 139 Å². The van der Waals surface area contributed by atoms with Crippen LogP contribution >= 0.6 is 0 Å². The SMILES string of the molecule is CC(C)(C)OC(=O)N[C@@H](CC(=O)ON1C(=O)CCC1=O)C(=O)O. The first-order chi connectivity index (χ1) is 10.5. The predicted octanol–water partition coefficient (Wildman–Crippen LogP) is -0.0384. The number of hydrogen-bond acceptors (Lipinski definition) is 7. The minimum absolute atomic E-state index is 0.0787. The lowest BCUT2D eigenvalue weighted by molar-refractivity contribution is -0.198. The van der Waals surface area contributed by atoms with Gasteiger partial charge in [0, 0.05) is 12.8 Å². The molecule has 1 aliphatic heterocycles. The number of hydrogen-bond donors (Lipinski definition) is 2. The van der Waals surface area contributed by atoms with Gasteiger partial charge in [0.05, 0.1) is 6.42 Å². The zero-order chi connectivity index (χ0) is 17.8. The first-order valence-corrected chi connectivity index (χ1v) is 6.78. The van der Waals surface area contributed by atoms with E-state index in [1.807, 2.05) is 5.32 Å². The molecule has 1 heterocycles. The Morgan fingerprint density at radius 1 is 1.22 bits per heavy atom. The van der Waals surface area contributed by atoms with Gasteiger partial charge in [-0.15, -0.1) is 5.06 Å². The maximum absolute atomic E-state index is 11.6. The van der Waals surface area contributed by atoms with Crippen LogP contribution in [-0.2, 0) is 28.8 Å². The normalized spacial score (nSPS) is 16.0. The van der Waals surface area contributed by atoms with Crippen LogP contribution in [0.25, 0.3) is 0 Å². The molecular formula is C13H18N2O8. The zero-order valence-electron chi connectivity index (χ0n) is 13.0. The molecule has 0 saturated carbocycles. The lowest BCUT2D eigenvalue weighted by atomic mass is 10.2. The van der Waals surface area contributed by atoms with E-state index in [0.717, 1.165) is 0 Å². The zero-order valence-corrected chi connectivity index (χ0v) is 13.0. The number of rotatable bonds is 5. The van der Waals surface area contributed by atoms with Gasteiger partial charge in [-0.3, -0.25) is 9.59 Å². The van der Waals surface area contributed by atoms with Crippen LogP contribution in [0.1, 0.15) is 40.0 Å². The Morgan fingerprint density at radius 3 is 2.17 bits per heavy atom. The van der Waals surface area contributed by atoms with E-state index in [2.05, 4.69) is 4.84 Å². The Morgan fingerprint density at radius 2 is 1.74 bits per heavy atom. The number of imide groups is 1. The molecule has 1 fully saturated rings. The first kappa shape index (κ1) is 18.4. The summed E-state index contributed by atoms with van der Waals surface area (Å²) in [4.78, 5) is 61.4. The van der Waals surface area contributed by atoms with Gasteiger partial charge in [0.2, 0.25) is 0 Å². The van der Waals surface area contributed by atoms with Crippen molar-refractivity contribution in [2.24, 2.45) is 0 Å².